The number of aromatic hydroxyl groups is 1. The highest BCUT2D eigenvalue weighted by molar-refractivity contribution is 5.79. The highest BCUT2D eigenvalue weighted by Gasteiger charge is 2.24. The number of likely N-dealkylation sites (tertiary alicyclic amines) is 1. The Labute approximate surface area is 159 Å². The Bertz CT molecular complexity index is 804. The Morgan fingerprint density at radius 2 is 2.00 bits per heavy atom. The van der Waals surface area contributed by atoms with Crippen LogP contribution in [0.1, 0.15) is 24.8 Å². The van der Waals surface area contributed by atoms with Crippen LogP contribution in [0.25, 0.3) is 11.1 Å². The number of hydrogen-bond acceptors (Lipinski definition) is 5. The zero-order valence-electron chi connectivity index (χ0n) is 15.4. The van der Waals surface area contributed by atoms with Crippen molar-refractivity contribution in [2.24, 2.45) is 0 Å². The van der Waals surface area contributed by atoms with Crippen LogP contribution in [0, 0.1) is 0 Å². The molecule has 6 nitrogen and oxygen atoms in total. The average Bonchev–Trinajstić information content (AvgIpc) is 2.92. The number of carbonyl (C=O) groups is 1. The molecule has 0 aliphatic carbocycles. The monoisotopic (exact) mass is 367 g/mol. The molecular weight excluding hydrogens is 342 g/mol. The summed E-state index contributed by atoms with van der Waals surface area (Å²) in [7, 11) is 0. The molecule has 0 bridgehead atoms. The molecule has 1 aromatic heterocycles. The highest BCUT2D eigenvalue weighted by atomic mass is 16.5. The number of amides is 1. The Balaban J connectivity index is 1.55. The van der Waals surface area contributed by atoms with Gasteiger partial charge in [0.2, 0.25) is 5.91 Å². The molecule has 2 aromatic rings. The number of nitrogens with zero attached hydrogens (tertiary/aromatic N) is 3. The Morgan fingerprint density at radius 1 is 1.15 bits per heavy atom. The third-order valence-corrected chi connectivity index (χ3v) is 5.27. The second-order valence-corrected chi connectivity index (χ2v) is 7.23. The minimum Gasteiger partial charge on any atom is -0.504 e. The molecule has 0 atom stereocenters. The number of phenolic OH excluding ortho intramolecular Hbond substituents is 1. The van der Waals surface area contributed by atoms with E-state index in [-0.39, 0.29) is 11.7 Å². The van der Waals surface area contributed by atoms with Gasteiger partial charge in [0, 0.05) is 30.1 Å². The van der Waals surface area contributed by atoms with Crippen LogP contribution in [0.15, 0.2) is 36.7 Å². The third kappa shape index (κ3) is 4.06. The summed E-state index contributed by atoms with van der Waals surface area (Å²) in [6, 6.07) is 7.49. The molecule has 0 spiro atoms. The first-order valence-electron chi connectivity index (χ1n) is 9.60. The van der Waals surface area contributed by atoms with Gasteiger partial charge in [-0.05, 0) is 49.7 Å². The molecule has 6 heteroatoms. The molecule has 2 aliphatic heterocycles. The minimum absolute atomic E-state index is 0.108. The van der Waals surface area contributed by atoms with Gasteiger partial charge >= 0.3 is 0 Å². The molecule has 27 heavy (non-hydrogen) atoms. The molecule has 2 aliphatic rings. The quantitative estimate of drug-likeness (QED) is 0.903. The SMILES string of the molecule is O=C(CN1CCCCC1)N1CCOc2c(O)cc(-c3cccnc3)cc2C1. The first-order valence-corrected chi connectivity index (χ1v) is 9.60. The van der Waals surface area contributed by atoms with Gasteiger partial charge in [0.05, 0.1) is 13.1 Å². The van der Waals surface area contributed by atoms with E-state index in [9.17, 15) is 9.90 Å². The van der Waals surface area contributed by atoms with Crippen LogP contribution in [0.2, 0.25) is 0 Å². The number of ether oxygens (including phenoxy) is 1. The molecule has 1 saturated heterocycles. The van der Waals surface area contributed by atoms with Crippen LogP contribution in [0.4, 0.5) is 0 Å². The van der Waals surface area contributed by atoms with Gasteiger partial charge in [-0.25, -0.2) is 0 Å². The molecule has 3 heterocycles. The number of carbonyl (C=O) groups excluding carboxylic acids is 1. The van der Waals surface area contributed by atoms with Gasteiger partial charge in [0.1, 0.15) is 6.61 Å². The zero-order valence-corrected chi connectivity index (χ0v) is 15.4. The zero-order chi connectivity index (χ0) is 18.6. The van der Waals surface area contributed by atoms with E-state index >= 15 is 0 Å². The maximum absolute atomic E-state index is 12.8. The lowest BCUT2D eigenvalue weighted by Crippen LogP contribution is -2.42. The number of rotatable bonds is 3. The van der Waals surface area contributed by atoms with Crippen LogP contribution in [0.3, 0.4) is 0 Å². The molecule has 1 fully saturated rings. The van der Waals surface area contributed by atoms with Crippen molar-refractivity contribution < 1.29 is 14.6 Å². The largest absolute Gasteiger partial charge is 0.504 e. The predicted octanol–water partition coefficient (Wildman–Crippen LogP) is 2.66. The summed E-state index contributed by atoms with van der Waals surface area (Å²) in [5, 5.41) is 10.5. The number of hydrogen-bond donors (Lipinski definition) is 1. The summed E-state index contributed by atoms with van der Waals surface area (Å²) in [6.07, 6.45) is 7.07. The average molecular weight is 367 g/mol. The first-order chi connectivity index (χ1) is 13.2. The molecule has 142 valence electrons. The van der Waals surface area contributed by atoms with Gasteiger partial charge in [-0.1, -0.05) is 12.5 Å². The van der Waals surface area contributed by atoms with Crippen molar-refractivity contribution in [3.63, 3.8) is 0 Å². The van der Waals surface area contributed by atoms with Crippen molar-refractivity contribution in [1.29, 1.82) is 0 Å². The van der Waals surface area contributed by atoms with Gasteiger partial charge in [-0.3, -0.25) is 14.7 Å². The van der Waals surface area contributed by atoms with Crippen molar-refractivity contribution >= 4 is 5.91 Å². The topological polar surface area (TPSA) is 65.9 Å². The molecule has 1 amide bonds. The number of pyridine rings is 1. The Morgan fingerprint density at radius 3 is 2.78 bits per heavy atom. The molecule has 0 unspecified atom stereocenters. The molecule has 0 saturated carbocycles. The van der Waals surface area contributed by atoms with Crippen LogP contribution in [-0.2, 0) is 11.3 Å². The van der Waals surface area contributed by atoms with E-state index in [1.54, 1.807) is 18.5 Å². The summed E-state index contributed by atoms with van der Waals surface area (Å²) in [4.78, 5) is 21.0. The van der Waals surface area contributed by atoms with Crippen LogP contribution in [0.5, 0.6) is 11.5 Å². The van der Waals surface area contributed by atoms with E-state index in [1.165, 1.54) is 19.3 Å². The predicted molar refractivity (Wildman–Crippen MR) is 103 cm³/mol. The van der Waals surface area contributed by atoms with Crippen LogP contribution < -0.4 is 4.74 Å². The third-order valence-electron chi connectivity index (χ3n) is 5.27. The van der Waals surface area contributed by atoms with Crippen molar-refractivity contribution in [2.75, 3.05) is 32.8 Å². The fourth-order valence-electron chi connectivity index (χ4n) is 3.82. The molecule has 4 rings (SSSR count). The lowest BCUT2D eigenvalue weighted by molar-refractivity contribution is -0.133. The lowest BCUT2D eigenvalue weighted by Gasteiger charge is -2.28. The normalized spacial score (nSPS) is 17.7. The maximum Gasteiger partial charge on any atom is 0.237 e. The highest BCUT2D eigenvalue weighted by Crippen LogP contribution is 2.37. The summed E-state index contributed by atoms with van der Waals surface area (Å²) >= 11 is 0. The maximum atomic E-state index is 12.8. The van der Waals surface area contributed by atoms with Crippen molar-refractivity contribution in [3.05, 3.63) is 42.2 Å². The van der Waals surface area contributed by atoms with E-state index in [2.05, 4.69) is 9.88 Å². The van der Waals surface area contributed by atoms with Crippen LogP contribution >= 0.6 is 0 Å². The number of benzene rings is 1. The number of aromatic nitrogens is 1. The second kappa shape index (κ2) is 7.96. The van der Waals surface area contributed by atoms with Gasteiger partial charge in [-0.2, -0.15) is 0 Å². The summed E-state index contributed by atoms with van der Waals surface area (Å²) < 4.78 is 5.77. The summed E-state index contributed by atoms with van der Waals surface area (Å²) in [5.74, 6) is 0.715. The fourth-order valence-corrected chi connectivity index (χ4v) is 3.82. The Hall–Kier alpha value is -2.60. The fraction of sp³-hybridized carbons (Fsp3) is 0.429. The Kier molecular flexibility index (Phi) is 5.25. The molecule has 1 N–H and O–H groups in total. The summed E-state index contributed by atoms with van der Waals surface area (Å²) in [5.41, 5.74) is 2.62. The number of fused-ring (bicyclic) bond motifs is 1. The van der Waals surface area contributed by atoms with Gasteiger partial charge in [-0.15, -0.1) is 0 Å². The van der Waals surface area contributed by atoms with E-state index in [1.807, 2.05) is 23.1 Å². The van der Waals surface area contributed by atoms with Crippen molar-refractivity contribution in [2.45, 2.75) is 25.8 Å². The smallest absolute Gasteiger partial charge is 0.237 e. The van der Waals surface area contributed by atoms with E-state index < -0.39 is 0 Å². The molecule has 0 radical (unpaired) electrons. The summed E-state index contributed by atoms with van der Waals surface area (Å²) in [6.45, 7) is 3.83. The van der Waals surface area contributed by atoms with Crippen molar-refractivity contribution in [3.8, 4) is 22.6 Å². The van der Waals surface area contributed by atoms with E-state index in [4.69, 9.17) is 4.74 Å². The molecular formula is C21H25N3O3. The lowest BCUT2D eigenvalue weighted by atomic mass is 10.0. The van der Waals surface area contributed by atoms with Crippen LogP contribution in [-0.4, -0.2) is 58.6 Å². The van der Waals surface area contributed by atoms with Gasteiger partial charge in [0.15, 0.2) is 11.5 Å². The van der Waals surface area contributed by atoms with Gasteiger partial charge in [0.25, 0.3) is 0 Å². The number of phenols is 1. The second-order valence-electron chi connectivity index (χ2n) is 7.23. The number of piperidine rings is 1. The van der Waals surface area contributed by atoms with E-state index in [0.717, 1.165) is 29.8 Å². The molecule has 1 aromatic carbocycles. The van der Waals surface area contributed by atoms with E-state index in [0.29, 0.717) is 32.0 Å². The first kappa shape index (κ1) is 17.8. The standard InChI is InChI=1S/C21H25N3O3/c25-19-12-17(16-5-4-6-22-13-16)11-18-14-24(9-10-27-21(18)19)20(26)15-23-7-2-1-3-8-23/h4-6,11-13,25H,1-3,7-10,14-15H2. The van der Waals surface area contributed by atoms with Crippen molar-refractivity contribution in [1.82, 2.24) is 14.8 Å². The minimum atomic E-state index is 0.108. The van der Waals surface area contributed by atoms with Gasteiger partial charge < -0.3 is 14.7 Å².